The SMILES string of the molecule is CCOC(=O)C(CC(=O)c1ccc(CCC(N)=O)cc1)C(=O)O. The number of primary amides is 1. The van der Waals surface area contributed by atoms with Gasteiger partial charge in [-0.05, 0) is 18.9 Å². The van der Waals surface area contributed by atoms with E-state index in [9.17, 15) is 19.2 Å². The summed E-state index contributed by atoms with van der Waals surface area (Å²) in [6, 6.07) is 6.39. The van der Waals surface area contributed by atoms with Crippen molar-refractivity contribution in [2.45, 2.75) is 26.2 Å². The van der Waals surface area contributed by atoms with Gasteiger partial charge in [-0.3, -0.25) is 19.2 Å². The number of ketones is 1. The molecule has 1 atom stereocenters. The molecular formula is C16H19NO6. The standard InChI is InChI=1S/C16H19NO6/c1-2-23-16(22)12(15(20)21)9-13(18)11-6-3-10(4-7-11)5-8-14(17)19/h3-4,6-7,12H,2,5,8-9H2,1H3,(H2,17,19)(H,20,21). The van der Waals surface area contributed by atoms with Gasteiger partial charge in [-0.25, -0.2) is 0 Å². The van der Waals surface area contributed by atoms with Crippen LogP contribution in [0.5, 0.6) is 0 Å². The highest BCUT2D eigenvalue weighted by Crippen LogP contribution is 2.14. The van der Waals surface area contributed by atoms with Crippen LogP contribution < -0.4 is 5.73 Å². The molecule has 7 heteroatoms. The Morgan fingerprint density at radius 1 is 1.17 bits per heavy atom. The lowest BCUT2D eigenvalue weighted by Crippen LogP contribution is -2.28. The molecule has 0 aliphatic carbocycles. The fraction of sp³-hybridized carbons (Fsp3) is 0.375. The number of hydrogen-bond acceptors (Lipinski definition) is 5. The molecule has 23 heavy (non-hydrogen) atoms. The molecule has 0 heterocycles. The summed E-state index contributed by atoms with van der Waals surface area (Å²) in [7, 11) is 0. The molecule has 0 fully saturated rings. The average Bonchev–Trinajstić information content (AvgIpc) is 2.50. The molecule has 1 rings (SSSR count). The smallest absolute Gasteiger partial charge is 0.320 e. The first-order chi connectivity index (χ1) is 10.8. The van der Waals surface area contributed by atoms with Gasteiger partial charge in [0.05, 0.1) is 6.61 Å². The number of carbonyl (C=O) groups excluding carboxylic acids is 3. The van der Waals surface area contributed by atoms with Crippen molar-refractivity contribution < 1.29 is 29.0 Å². The van der Waals surface area contributed by atoms with Crippen molar-refractivity contribution in [1.82, 2.24) is 0 Å². The van der Waals surface area contributed by atoms with Crippen LogP contribution in [0.3, 0.4) is 0 Å². The number of carbonyl (C=O) groups is 4. The molecule has 1 amide bonds. The molecule has 1 unspecified atom stereocenters. The zero-order valence-corrected chi connectivity index (χ0v) is 12.8. The number of benzene rings is 1. The maximum absolute atomic E-state index is 12.1. The van der Waals surface area contributed by atoms with Gasteiger partial charge in [0.25, 0.3) is 0 Å². The molecule has 0 aromatic heterocycles. The van der Waals surface area contributed by atoms with Crippen molar-refractivity contribution in [1.29, 1.82) is 0 Å². The van der Waals surface area contributed by atoms with Crippen LogP contribution in [0.4, 0.5) is 0 Å². The molecule has 0 spiro atoms. The average molecular weight is 321 g/mol. The Morgan fingerprint density at radius 3 is 2.26 bits per heavy atom. The maximum atomic E-state index is 12.1. The van der Waals surface area contributed by atoms with E-state index < -0.39 is 36.0 Å². The number of esters is 1. The summed E-state index contributed by atoms with van der Waals surface area (Å²) >= 11 is 0. The van der Waals surface area contributed by atoms with E-state index in [1.54, 1.807) is 19.1 Å². The van der Waals surface area contributed by atoms with Crippen LogP contribution >= 0.6 is 0 Å². The van der Waals surface area contributed by atoms with Crippen LogP contribution in [0.25, 0.3) is 0 Å². The molecule has 0 aliphatic heterocycles. The monoisotopic (exact) mass is 321 g/mol. The second-order valence-corrected chi connectivity index (χ2v) is 4.93. The van der Waals surface area contributed by atoms with E-state index in [-0.39, 0.29) is 13.0 Å². The molecule has 1 aromatic carbocycles. The summed E-state index contributed by atoms with van der Waals surface area (Å²) in [4.78, 5) is 45.5. The highest BCUT2D eigenvalue weighted by molar-refractivity contribution is 6.03. The first-order valence-electron chi connectivity index (χ1n) is 7.15. The Labute approximate surface area is 133 Å². The van der Waals surface area contributed by atoms with Crippen LogP contribution in [0.15, 0.2) is 24.3 Å². The van der Waals surface area contributed by atoms with Crippen LogP contribution in [-0.2, 0) is 25.5 Å². The number of ether oxygens (including phenoxy) is 1. The number of Topliss-reactive ketones (excluding diaryl/α,β-unsaturated/α-hetero) is 1. The van der Waals surface area contributed by atoms with Gasteiger partial charge >= 0.3 is 11.9 Å². The fourth-order valence-electron chi connectivity index (χ4n) is 1.94. The number of carboxylic acid groups (broad SMARTS) is 1. The predicted octanol–water partition coefficient (Wildman–Crippen LogP) is 0.941. The molecule has 0 saturated carbocycles. The number of amides is 1. The fourth-order valence-corrected chi connectivity index (χ4v) is 1.94. The largest absolute Gasteiger partial charge is 0.481 e. The van der Waals surface area contributed by atoms with Crippen LogP contribution in [-0.4, -0.2) is 35.3 Å². The maximum Gasteiger partial charge on any atom is 0.320 e. The summed E-state index contributed by atoms with van der Waals surface area (Å²) in [5.74, 6) is -4.71. The first-order valence-corrected chi connectivity index (χ1v) is 7.15. The third-order valence-corrected chi connectivity index (χ3v) is 3.19. The summed E-state index contributed by atoms with van der Waals surface area (Å²) in [6.45, 7) is 1.61. The lowest BCUT2D eigenvalue weighted by atomic mass is 9.97. The number of aliphatic carboxylic acids is 1. The van der Waals surface area contributed by atoms with Crippen LogP contribution in [0.1, 0.15) is 35.7 Å². The van der Waals surface area contributed by atoms with Crippen molar-refractivity contribution in [3.63, 3.8) is 0 Å². The highest BCUT2D eigenvalue weighted by Gasteiger charge is 2.30. The second-order valence-electron chi connectivity index (χ2n) is 4.93. The highest BCUT2D eigenvalue weighted by atomic mass is 16.5. The lowest BCUT2D eigenvalue weighted by molar-refractivity contribution is -0.158. The topological polar surface area (TPSA) is 124 Å². The van der Waals surface area contributed by atoms with E-state index in [0.717, 1.165) is 5.56 Å². The number of carboxylic acids is 1. The Morgan fingerprint density at radius 2 is 1.78 bits per heavy atom. The number of rotatable bonds is 9. The van der Waals surface area contributed by atoms with Gasteiger partial charge in [0.2, 0.25) is 5.91 Å². The van der Waals surface area contributed by atoms with E-state index in [1.807, 2.05) is 0 Å². The molecule has 0 bridgehead atoms. The summed E-state index contributed by atoms with van der Waals surface area (Å²) < 4.78 is 4.66. The number of aryl methyl sites for hydroxylation is 1. The molecule has 7 nitrogen and oxygen atoms in total. The Hall–Kier alpha value is -2.70. The zero-order chi connectivity index (χ0) is 17.4. The molecule has 124 valence electrons. The van der Waals surface area contributed by atoms with Gasteiger partial charge in [0.1, 0.15) is 0 Å². The van der Waals surface area contributed by atoms with E-state index >= 15 is 0 Å². The zero-order valence-electron chi connectivity index (χ0n) is 12.8. The van der Waals surface area contributed by atoms with E-state index in [2.05, 4.69) is 4.74 Å². The van der Waals surface area contributed by atoms with E-state index in [1.165, 1.54) is 12.1 Å². The summed E-state index contributed by atoms with van der Waals surface area (Å²) in [6.07, 6.45) is 0.205. The Balaban J connectivity index is 2.74. The predicted molar refractivity (Wildman–Crippen MR) is 80.7 cm³/mol. The third-order valence-electron chi connectivity index (χ3n) is 3.19. The van der Waals surface area contributed by atoms with E-state index in [0.29, 0.717) is 12.0 Å². The van der Waals surface area contributed by atoms with Crippen molar-refractivity contribution in [2.75, 3.05) is 6.61 Å². The van der Waals surface area contributed by atoms with Crippen LogP contribution in [0, 0.1) is 5.92 Å². The van der Waals surface area contributed by atoms with Crippen molar-refractivity contribution in [3.05, 3.63) is 35.4 Å². The summed E-state index contributed by atoms with van der Waals surface area (Å²) in [5, 5.41) is 9.04. The molecule has 3 N–H and O–H groups in total. The molecule has 0 radical (unpaired) electrons. The van der Waals surface area contributed by atoms with Gasteiger partial charge in [0, 0.05) is 18.4 Å². The number of hydrogen-bond donors (Lipinski definition) is 2. The quantitative estimate of drug-likeness (QED) is 0.396. The van der Waals surface area contributed by atoms with Crippen molar-refractivity contribution in [3.8, 4) is 0 Å². The molecule has 0 aliphatic rings. The minimum Gasteiger partial charge on any atom is -0.481 e. The minimum atomic E-state index is -1.52. The first kappa shape index (κ1) is 18.3. The number of nitrogens with two attached hydrogens (primary N) is 1. The lowest BCUT2D eigenvalue weighted by Gasteiger charge is -2.10. The normalized spacial score (nSPS) is 11.5. The summed E-state index contributed by atoms with van der Waals surface area (Å²) in [5.41, 5.74) is 6.19. The molecule has 1 aromatic rings. The van der Waals surface area contributed by atoms with E-state index in [4.69, 9.17) is 10.8 Å². The Bertz CT molecular complexity index is 593. The minimum absolute atomic E-state index is 0.0470. The Kier molecular flexibility index (Phi) is 6.92. The van der Waals surface area contributed by atoms with Crippen LogP contribution in [0.2, 0.25) is 0 Å². The molecule has 0 saturated heterocycles. The van der Waals surface area contributed by atoms with Gasteiger partial charge in [-0.2, -0.15) is 0 Å². The third kappa shape index (κ3) is 5.90. The van der Waals surface area contributed by atoms with Gasteiger partial charge < -0.3 is 15.6 Å². The van der Waals surface area contributed by atoms with Crippen molar-refractivity contribution in [2.24, 2.45) is 11.7 Å². The van der Waals surface area contributed by atoms with Gasteiger partial charge in [-0.1, -0.05) is 24.3 Å². The van der Waals surface area contributed by atoms with Gasteiger partial charge in [0.15, 0.2) is 11.7 Å². The van der Waals surface area contributed by atoms with Gasteiger partial charge in [-0.15, -0.1) is 0 Å². The van der Waals surface area contributed by atoms with Crippen molar-refractivity contribution >= 4 is 23.6 Å². The molecular weight excluding hydrogens is 302 g/mol. The second kappa shape index (κ2) is 8.67.